The van der Waals surface area contributed by atoms with Crippen LogP contribution in [-0.4, -0.2) is 14.7 Å². The summed E-state index contributed by atoms with van der Waals surface area (Å²) in [5, 5.41) is 0. The molecule has 0 aromatic heterocycles. The van der Waals surface area contributed by atoms with Gasteiger partial charge in [0.25, 0.3) is 0 Å². The first-order valence-corrected chi connectivity index (χ1v) is 8.10. The third-order valence-corrected chi connectivity index (χ3v) is 3.43. The largest absolute Gasteiger partial charge is 0.396 e. The topological polar surface area (TPSA) is 69.4 Å². The summed E-state index contributed by atoms with van der Waals surface area (Å²) in [5.41, 5.74) is 8.91. The van der Waals surface area contributed by atoms with Crippen molar-refractivity contribution in [2.75, 3.05) is 12.0 Å². The van der Waals surface area contributed by atoms with Crippen LogP contribution in [0.2, 0.25) is 0 Å². The number of rotatable bonds is 4. The monoisotopic (exact) mass is 291 g/mol. The lowest BCUT2D eigenvalue weighted by Gasteiger charge is -2.15. The van der Waals surface area contributed by atoms with Gasteiger partial charge in [0.2, 0.25) is 0 Å². The summed E-state index contributed by atoms with van der Waals surface area (Å²) in [6.07, 6.45) is 1.64. The molecule has 0 saturated heterocycles. The Morgan fingerprint density at radius 2 is 1.75 bits per heavy atom. The van der Waals surface area contributed by atoms with E-state index in [0.29, 0.717) is 12.1 Å². The molecule has 2 N–H and O–H groups in total. The molecule has 0 atom stereocenters. The molecule has 5 heteroatoms. The SMILES string of the molecule is CCc1c(-c2ccccc2)ccc(N)c1OS(C)(=O)=O. The Morgan fingerprint density at radius 1 is 1.10 bits per heavy atom. The molecule has 0 heterocycles. The highest BCUT2D eigenvalue weighted by Crippen LogP contribution is 2.36. The van der Waals surface area contributed by atoms with Gasteiger partial charge in [-0.1, -0.05) is 43.3 Å². The minimum atomic E-state index is -3.61. The van der Waals surface area contributed by atoms with Crippen LogP contribution in [0.15, 0.2) is 42.5 Å². The quantitative estimate of drug-likeness (QED) is 0.694. The maximum Gasteiger partial charge on any atom is 0.306 e. The molecule has 4 nitrogen and oxygen atoms in total. The van der Waals surface area contributed by atoms with E-state index in [9.17, 15) is 8.42 Å². The molecule has 20 heavy (non-hydrogen) atoms. The maximum atomic E-state index is 11.4. The highest BCUT2D eigenvalue weighted by Gasteiger charge is 2.16. The fourth-order valence-corrected chi connectivity index (χ4v) is 2.63. The minimum absolute atomic E-state index is 0.233. The van der Waals surface area contributed by atoms with E-state index in [1.165, 1.54) is 0 Å². The van der Waals surface area contributed by atoms with Crippen molar-refractivity contribution < 1.29 is 12.6 Å². The average molecular weight is 291 g/mol. The first kappa shape index (κ1) is 14.4. The minimum Gasteiger partial charge on any atom is -0.396 e. The van der Waals surface area contributed by atoms with Crippen molar-refractivity contribution in [1.82, 2.24) is 0 Å². The summed E-state index contributed by atoms with van der Waals surface area (Å²) < 4.78 is 27.8. The first-order valence-electron chi connectivity index (χ1n) is 6.28. The van der Waals surface area contributed by atoms with Crippen molar-refractivity contribution in [3.8, 4) is 16.9 Å². The van der Waals surface area contributed by atoms with Gasteiger partial charge in [0.1, 0.15) is 0 Å². The average Bonchev–Trinajstić information content (AvgIpc) is 2.40. The van der Waals surface area contributed by atoms with Gasteiger partial charge in [-0.2, -0.15) is 8.42 Å². The molecule has 0 amide bonds. The predicted molar refractivity (Wildman–Crippen MR) is 81.1 cm³/mol. The van der Waals surface area contributed by atoms with E-state index in [0.717, 1.165) is 22.9 Å². The second-order valence-corrected chi connectivity index (χ2v) is 6.09. The molecule has 2 rings (SSSR count). The summed E-state index contributed by atoms with van der Waals surface area (Å²) in [6.45, 7) is 1.94. The van der Waals surface area contributed by atoms with Crippen molar-refractivity contribution >= 4 is 15.8 Å². The van der Waals surface area contributed by atoms with Gasteiger partial charge in [-0.3, -0.25) is 0 Å². The Labute approximate surface area is 119 Å². The van der Waals surface area contributed by atoms with Crippen LogP contribution in [0, 0.1) is 0 Å². The molecule has 0 aliphatic heterocycles. The highest BCUT2D eigenvalue weighted by molar-refractivity contribution is 7.86. The molecule has 0 fully saturated rings. The van der Waals surface area contributed by atoms with E-state index >= 15 is 0 Å². The van der Waals surface area contributed by atoms with Crippen LogP contribution in [0.5, 0.6) is 5.75 Å². The lowest BCUT2D eigenvalue weighted by atomic mass is 9.96. The van der Waals surface area contributed by atoms with E-state index in [-0.39, 0.29) is 5.75 Å². The van der Waals surface area contributed by atoms with E-state index in [4.69, 9.17) is 9.92 Å². The summed E-state index contributed by atoms with van der Waals surface area (Å²) in [4.78, 5) is 0. The zero-order valence-corrected chi connectivity index (χ0v) is 12.3. The van der Waals surface area contributed by atoms with Gasteiger partial charge in [-0.15, -0.1) is 0 Å². The van der Waals surface area contributed by atoms with E-state index in [1.807, 2.05) is 43.3 Å². The van der Waals surface area contributed by atoms with Gasteiger partial charge >= 0.3 is 10.1 Å². The molecular formula is C15H17NO3S. The number of nitrogen functional groups attached to an aromatic ring is 1. The molecule has 0 unspecified atom stereocenters. The van der Waals surface area contributed by atoms with Crippen molar-refractivity contribution in [1.29, 1.82) is 0 Å². The van der Waals surface area contributed by atoms with E-state index in [1.54, 1.807) is 6.07 Å². The Kier molecular flexibility index (Phi) is 3.99. The molecule has 0 spiro atoms. The number of hydrogen-bond donors (Lipinski definition) is 1. The third-order valence-electron chi connectivity index (χ3n) is 2.96. The molecule has 2 aromatic rings. The van der Waals surface area contributed by atoms with Crippen molar-refractivity contribution in [2.45, 2.75) is 13.3 Å². The van der Waals surface area contributed by atoms with Gasteiger partial charge in [0.15, 0.2) is 5.75 Å². The number of anilines is 1. The number of benzene rings is 2. The molecule has 0 aliphatic rings. The maximum absolute atomic E-state index is 11.4. The summed E-state index contributed by atoms with van der Waals surface area (Å²) in [7, 11) is -3.61. The zero-order chi connectivity index (χ0) is 14.8. The lowest BCUT2D eigenvalue weighted by molar-refractivity contribution is 0.491. The molecule has 0 saturated carbocycles. The number of nitrogens with two attached hydrogens (primary N) is 1. The van der Waals surface area contributed by atoms with Crippen LogP contribution >= 0.6 is 0 Å². The Morgan fingerprint density at radius 3 is 2.30 bits per heavy atom. The standard InChI is InChI=1S/C15H17NO3S/c1-3-12-13(11-7-5-4-6-8-11)9-10-14(16)15(12)19-20(2,17)18/h4-10H,3,16H2,1-2H3. The number of hydrogen-bond acceptors (Lipinski definition) is 4. The second-order valence-electron chi connectivity index (χ2n) is 4.52. The molecule has 0 bridgehead atoms. The molecule has 0 radical (unpaired) electrons. The van der Waals surface area contributed by atoms with Crippen LogP contribution in [-0.2, 0) is 16.5 Å². The van der Waals surface area contributed by atoms with Crippen LogP contribution in [0.1, 0.15) is 12.5 Å². The normalized spacial score (nSPS) is 11.3. The van der Waals surface area contributed by atoms with E-state index < -0.39 is 10.1 Å². The van der Waals surface area contributed by atoms with Gasteiger partial charge < -0.3 is 9.92 Å². The Hall–Kier alpha value is -2.01. The van der Waals surface area contributed by atoms with Crippen LogP contribution in [0.3, 0.4) is 0 Å². The fourth-order valence-electron chi connectivity index (χ4n) is 2.13. The first-order chi connectivity index (χ1) is 9.42. The summed E-state index contributed by atoms with van der Waals surface area (Å²) >= 11 is 0. The molecule has 106 valence electrons. The van der Waals surface area contributed by atoms with Gasteiger partial charge in [-0.25, -0.2) is 0 Å². The van der Waals surface area contributed by atoms with Crippen LogP contribution in [0.25, 0.3) is 11.1 Å². The summed E-state index contributed by atoms with van der Waals surface area (Å²) in [6, 6.07) is 13.3. The van der Waals surface area contributed by atoms with Gasteiger partial charge in [-0.05, 0) is 23.6 Å². The fraction of sp³-hybridized carbons (Fsp3) is 0.200. The molecule has 0 aliphatic carbocycles. The smallest absolute Gasteiger partial charge is 0.306 e. The Balaban J connectivity index is 2.64. The van der Waals surface area contributed by atoms with Crippen molar-refractivity contribution in [3.63, 3.8) is 0 Å². The third kappa shape index (κ3) is 3.11. The molecule has 2 aromatic carbocycles. The van der Waals surface area contributed by atoms with Crippen LogP contribution in [0.4, 0.5) is 5.69 Å². The van der Waals surface area contributed by atoms with Crippen molar-refractivity contribution in [2.24, 2.45) is 0 Å². The van der Waals surface area contributed by atoms with Gasteiger partial charge in [0, 0.05) is 5.56 Å². The summed E-state index contributed by atoms with van der Waals surface area (Å²) in [5.74, 6) is 0.233. The van der Waals surface area contributed by atoms with Crippen LogP contribution < -0.4 is 9.92 Å². The zero-order valence-electron chi connectivity index (χ0n) is 11.5. The van der Waals surface area contributed by atoms with Crippen molar-refractivity contribution in [3.05, 3.63) is 48.0 Å². The lowest BCUT2D eigenvalue weighted by Crippen LogP contribution is -2.10. The highest BCUT2D eigenvalue weighted by atomic mass is 32.2. The van der Waals surface area contributed by atoms with E-state index in [2.05, 4.69) is 0 Å². The Bertz CT molecular complexity index is 709. The molecular weight excluding hydrogens is 274 g/mol. The second kappa shape index (κ2) is 5.54. The van der Waals surface area contributed by atoms with Gasteiger partial charge in [0.05, 0.1) is 11.9 Å². The predicted octanol–water partition coefficient (Wildman–Crippen LogP) is 2.84.